The first-order valence-electron chi connectivity index (χ1n) is 6.30. The fraction of sp³-hybridized carbons (Fsp3) is 0.571. The minimum atomic E-state index is 0.384. The Kier molecular flexibility index (Phi) is 6.19. The molecule has 0 fully saturated rings. The lowest BCUT2D eigenvalue weighted by Gasteiger charge is -2.24. The molecule has 1 rings (SSSR count). The van der Waals surface area contributed by atoms with E-state index in [1.54, 1.807) is 0 Å². The van der Waals surface area contributed by atoms with Crippen LogP contribution in [0.3, 0.4) is 0 Å². The molecule has 0 aromatic heterocycles. The second-order valence-electron chi connectivity index (χ2n) is 4.89. The largest absolute Gasteiger partial charge is 0.329 e. The third-order valence-corrected chi connectivity index (χ3v) is 2.80. The van der Waals surface area contributed by atoms with E-state index in [9.17, 15) is 0 Å². The number of nitrogens with zero attached hydrogens (tertiary/aromatic N) is 1. The second kappa shape index (κ2) is 7.43. The van der Waals surface area contributed by atoms with Crippen LogP contribution >= 0.6 is 0 Å². The van der Waals surface area contributed by atoms with E-state index in [4.69, 9.17) is 5.73 Å². The van der Waals surface area contributed by atoms with Crippen LogP contribution in [0.25, 0.3) is 0 Å². The zero-order valence-corrected chi connectivity index (χ0v) is 11.2. The fourth-order valence-corrected chi connectivity index (χ4v) is 2.03. The van der Waals surface area contributed by atoms with Crippen LogP contribution in [0, 0.1) is 0 Å². The van der Waals surface area contributed by atoms with E-state index in [1.165, 1.54) is 5.56 Å². The molecule has 0 saturated carbocycles. The first-order valence-corrected chi connectivity index (χ1v) is 6.30. The summed E-state index contributed by atoms with van der Waals surface area (Å²) in [6.45, 7) is 7.02. The topological polar surface area (TPSA) is 41.3 Å². The van der Waals surface area contributed by atoms with Gasteiger partial charge in [-0.15, -0.1) is 0 Å². The van der Waals surface area contributed by atoms with Crippen LogP contribution in [0.15, 0.2) is 30.3 Å². The van der Waals surface area contributed by atoms with Crippen molar-refractivity contribution in [2.45, 2.75) is 32.5 Å². The molecule has 0 bridgehead atoms. The van der Waals surface area contributed by atoms with Gasteiger partial charge < -0.3 is 16.0 Å². The van der Waals surface area contributed by atoms with Gasteiger partial charge in [0, 0.05) is 31.7 Å². The maximum absolute atomic E-state index is 5.60. The van der Waals surface area contributed by atoms with Crippen LogP contribution < -0.4 is 11.1 Å². The quantitative estimate of drug-likeness (QED) is 0.751. The first kappa shape index (κ1) is 14.2. The average molecular weight is 235 g/mol. The molecule has 0 aliphatic rings. The van der Waals surface area contributed by atoms with Crippen molar-refractivity contribution < 1.29 is 0 Å². The van der Waals surface area contributed by atoms with Crippen LogP contribution in [-0.4, -0.2) is 37.1 Å². The molecule has 96 valence electrons. The Balaban J connectivity index is 2.31. The Morgan fingerprint density at radius 3 is 2.41 bits per heavy atom. The van der Waals surface area contributed by atoms with E-state index >= 15 is 0 Å². The molecule has 1 aromatic rings. The number of nitrogens with two attached hydrogens (primary N) is 1. The van der Waals surface area contributed by atoms with Crippen LogP contribution in [-0.2, 0) is 6.54 Å². The van der Waals surface area contributed by atoms with Gasteiger partial charge in [-0.1, -0.05) is 30.3 Å². The van der Waals surface area contributed by atoms with Crippen LogP contribution in [0.2, 0.25) is 0 Å². The van der Waals surface area contributed by atoms with E-state index < -0.39 is 0 Å². The fourth-order valence-electron chi connectivity index (χ4n) is 2.03. The molecule has 0 amide bonds. The van der Waals surface area contributed by atoms with Gasteiger partial charge in [-0.3, -0.25) is 0 Å². The molecule has 2 unspecified atom stereocenters. The van der Waals surface area contributed by atoms with Crippen molar-refractivity contribution >= 4 is 0 Å². The molecule has 0 saturated heterocycles. The molecular weight excluding hydrogens is 210 g/mol. The van der Waals surface area contributed by atoms with E-state index in [1.807, 2.05) is 0 Å². The van der Waals surface area contributed by atoms with Gasteiger partial charge >= 0.3 is 0 Å². The smallest absolute Gasteiger partial charge is 0.0231 e. The predicted molar refractivity (Wildman–Crippen MR) is 73.9 cm³/mol. The molecule has 1 aromatic carbocycles. The average Bonchev–Trinajstić information content (AvgIpc) is 2.29. The molecule has 0 spiro atoms. The zero-order valence-electron chi connectivity index (χ0n) is 11.2. The monoisotopic (exact) mass is 235 g/mol. The molecule has 0 aliphatic heterocycles. The van der Waals surface area contributed by atoms with Gasteiger partial charge in [-0.25, -0.2) is 0 Å². The summed E-state index contributed by atoms with van der Waals surface area (Å²) < 4.78 is 0. The maximum Gasteiger partial charge on any atom is 0.0231 e. The molecular formula is C14H25N3. The Labute approximate surface area is 105 Å². The molecule has 3 heteroatoms. The second-order valence-corrected chi connectivity index (χ2v) is 4.89. The lowest BCUT2D eigenvalue weighted by atomic mass is 10.2. The third kappa shape index (κ3) is 5.82. The zero-order chi connectivity index (χ0) is 12.7. The summed E-state index contributed by atoms with van der Waals surface area (Å²) in [5.74, 6) is 0. The van der Waals surface area contributed by atoms with Crippen molar-refractivity contribution in [2.24, 2.45) is 5.73 Å². The number of hydrogen-bond acceptors (Lipinski definition) is 3. The highest BCUT2D eigenvalue weighted by atomic mass is 15.1. The molecule has 3 N–H and O–H groups in total. The highest BCUT2D eigenvalue weighted by Gasteiger charge is 2.08. The highest BCUT2D eigenvalue weighted by molar-refractivity contribution is 5.14. The van der Waals surface area contributed by atoms with Gasteiger partial charge in [-0.05, 0) is 26.5 Å². The van der Waals surface area contributed by atoms with Gasteiger partial charge in [-0.2, -0.15) is 0 Å². The van der Waals surface area contributed by atoms with Crippen molar-refractivity contribution in [3.8, 4) is 0 Å². The van der Waals surface area contributed by atoms with Crippen LogP contribution in [0.1, 0.15) is 19.4 Å². The van der Waals surface area contributed by atoms with Crippen molar-refractivity contribution in [1.29, 1.82) is 0 Å². The third-order valence-electron chi connectivity index (χ3n) is 2.80. The number of hydrogen-bond donors (Lipinski definition) is 2. The highest BCUT2D eigenvalue weighted by Crippen LogP contribution is 2.03. The van der Waals surface area contributed by atoms with Gasteiger partial charge in [0.2, 0.25) is 0 Å². The Bertz CT molecular complexity index is 300. The summed E-state index contributed by atoms with van der Waals surface area (Å²) in [6, 6.07) is 11.4. The van der Waals surface area contributed by atoms with Gasteiger partial charge in [0.05, 0.1) is 0 Å². The number of rotatable bonds is 7. The van der Waals surface area contributed by atoms with Gasteiger partial charge in [0.15, 0.2) is 0 Å². The molecule has 2 atom stereocenters. The minimum absolute atomic E-state index is 0.384. The number of nitrogens with one attached hydrogen (secondary N) is 1. The number of benzene rings is 1. The standard InChI is InChI=1S/C14H25N3/c1-12(9-15)16-13(2)10-17(3)11-14-7-5-4-6-8-14/h4-8,12-13,16H,9-11,15H2,1-3H3. The Morgan fingerprint density at radius 1 is 1.18 bits per heavy atom. The van der Waals surface area contributed by atoms with Gasteiger partial charge in [0.25, 0.3) is 0 Å². The van der Waals surface area contributed by atoms with E-state index in [0.29, 0.717) is 18.6 Å². The van der Waals surface area contributed by atoms with E-state index in [0.717, 1.165) is 13.1 Å². The first-order chi connectivity index (χ1) is 8.11. The molecule has 0 aliphatic carbocycles. The van der Waals surface area contributed by atoms with Gasteiger partial charge in [0.1, 0.15) is 0 Å². The minimum Gasteiger partial charge on any atom is -0.329 e. The normalized spacial score (nSPS) is 14.9. The van der Waals surface area contributed by atoms with E-state index in [2.05, 4.69) is 61.4 Å². The summed E-state index contributed by atoms with van der Waals surface area (Å²) in [5, 5.41) is 3.48. The lowest BCUT2D eigenvalue weighted by molar-refractivity contribution is 0.281. The summed E-state index contributed by atoms with van der Waals surface area (Å²) >= 11 is 0. The van der Waals surface area contributed by atoms with Crippen LogP contribution in [0.5, 0.6) is 0 Å². The maximum atomic E-state index is 5.60. The summed E-state index contributed by atoms with van der Waals surface area (Å²) in [4.78, 5) is 2.33. The lowest BCUT2D eigenvalue weighted by Crippen LogP contribution is -2.44. The molecule has 3 nitrogen and oxygen atoms in total. The van der Waals surface area contributed by atoms with E-state index in [-0.39, 0.29) is 0 Å². The molecule has 0 heterocycles. The van der Waals surface area contributed by atoms with Crippen molar-refractivity contribution in [1.82, 2.24) is 10.2 Å². The Hall–Kier alpha value is -0.900. The summed E-state index contributed by atoms with van der Waals surface area (Å²) in [6.07, 6.45) is 0. The SMILES string of the molecule is CC(CN)NC(C)CN(C)Cc1ccccc1. The van der Waals surface area contributed by atoms with Crippen LogP contribution in [0.4, 0.5) is 0 Å². The summed E-state index contributed by atoms with van der Waals surface area (Å²) in [5.41, 5.74) is 6.95. The predicted octanol–water partition coefficient (Wildman–Crippen LogP) is 1.44. The Morgan fingerprint density at radius 2 is 1.82 bits per heavy atom. The van der Waals surface area contributed by atoms with Crippen molar-refractivity contribution in [2.75, 3.05) is 20.1 Å². The molecule has 0 radical (unpaired) electrons. The molecule has 17 heavy (non-hydrogen) atoms. The van der Waals surface area contributed by atoms with Crippen molar-refractivity contribution in [3.63, 3.8) is 0 Å². The number of likely N-dealkylation sites (N-methyl/N-ethyl adjacent to an activating group) is 1. The summed E-state index contributed by atoms with van der Waals surface area (Å²) in [7, 11) is 2.15. The van der Waals surface area contributed by atoms with Crippen molar-refractivity contribution in [3.05, 3.63) is 35.9 Å².